The number of Topliss-reactive ketones (excluding diaryl/α,β-unsaturated/α-hetero) is 1. The summed E-state index contributed by atoms with van der Waals surface area (Å²) in [4.78, 5) is 26.1. The fourth-order valence-corrected chi connectivity index (χ4v) is 3.31. The van der Waals surface area contributed by atoms with Crippen LogP contribution >= 0.6 is 0 Å². The molecule has 0 N–H and O–H groups in total. The number of carbonyl (C=O) groups is 2. The molecule has 0 amide bonds. The second-order valence-corrected chi connectivity index (χ2v) is 6.93. The predicted molar refractivity (Wildman–Crippen MR) is 121 cm³/mol. The van der Waals surface area contributed by atoms with Crippen molar-refractivity contribution < 1.29 is 9.59 Å². The molecule has 0 aliphatic rings. The van der Waals surface area contributed by atoms with Crippen LogP contribution in [0.3, 0.4) is 0 Å². The molecule has 2 heteroatoms. The first-order valence-electron chi connectivity index (χ1n) is 9.79. The van der Waals surface area contributed by atoms with Crippen LogP contribution in [0.1, 0.15) is 26.3 Å². The number of hydrogen-bond donors (Lipinski definition) is 0. The molecule has 0 aliphatic carbocycles. The van der Waals surface area contributed by atoms with Gasteiger partial charge in [-0.2, -0.15) is 0 Å². The van der Waals surface area contributed by atoms with Crippen LogP contribution in [-0.2, 0) is 0 Å². The standard InChI is InChI=1S/C28H20O2/c29-27(24-18-16-22(17-19-24)21-10-4-1-5-11-21)20-26(23-12-6-2-7-13-23)28(30)25-14-8-3-9-15-25/h1-20H/b26-20-. The highest BCUT2D eigenvalue weighted by atomic mass is 16.1. The molecule has 0 spiro atoms. The molecular formula is C28H20O2. The number of rotatable bonds is 6. The minimum atomic E-state index is -0.197. The molecule has 0 aliphatic heterocycles. The average molecular weight is 388 g/mol. The van der Waals surface area contributed by atoms with Crippen LogP contribution in [0.15, 0.2) is 121 Å². The van der Waals surface area contributed by atoms with Gasteiger partial charge in [0, 0.05) is 16.7 Å². The highest BCUT2D eigenvalue weighted by Gasteiger charge is 2.16. The Labute approximate surface area is 176 Å². The first-order chi connectivity index (χ1) is 14.7. The third-order valence-corrected chi connectivity index (χ3v) is 4.92. The molecule has 4 aromatic carbocycles. The molecule has 0 saturated carbocycles. The Kier molecular flexibility index (Phi) is 5.77. The molecule has 30 heavy (non-hydrogen) atoms. The molecule has 0 saturated heterocycles. The summed E-state index contributed by atoms with van der Waals surface area (Å²) < 4.78 is 0. The summed E-state index contributed by atoms with van der Waals surface area (Å²) in [6, 6.07) is 35.8. The zero-order chi connectivity index (χ0) is 20.8. The molecule has 0 radical (unpaired) electrons. The van der Waals surface area contributed by atoms with Crippen molar-refractivity contribution in [3.8, 4) is 11.1 Å². The van der Waals surface area contributed by atoms with Crippen LogP contribution < -0.4 is 0 Å². The van der Waals surface area contributed by atoms with E-state index in [0.29, 0.717) is 16.7 Å². The van der Waals surface area contributed by atoms with Crippen molar-refractivity contribution in [1.29, 1.82) is 0 Å². The van der Waals surface area contributed by atoms with Crippen LogP contribution in [0.2, 0.25) is 0 Å². The highest BCUT2D eigenvalue weighted by molar-refractivity contribution is 6.32. The maximum Gasteiger partial charge on any atom is 0.193 e. The summed E-state index contributed by atoms with van der Waals surface area (Å²) in [6.45, 7) is 0. The van der Waals surface area contributed by atoms with Crippen LogP contribution in [0.5, 0.6) is 0 Å². The van der Waals surface area contributed by atoms with Crippen LogP contribution in [0.25, 0.3) is 16.7 Å². The van der Waals surface area contributed by atoms with E-state index in [-0.39, 0.29) is 11.6 Å². The zero-order valence-electron chi connectivity index (χ0n) is 16.4. The summed E-state index contributed by atoms with van der Waals surface area (Å²) >= 11 is 0. The molecule has 0 aromatic heterocycles. The van der Waals surface area contributed by atoms with Gasteiger partial charge in [0.05, 0.1) is 0 Å². The maximum atomic E-state index is 13.1. The van der Waals surface area contributed by atoms with E-state index in [2.05, 4.69) is 0 Å². The number of ketones is 2. The Bertz CT molecular complexity index is 1170. The van der Waals surface area contributed by atoms with E-state index < -0.39 is 0 Å². The Balaban J connectivity index is 1.68. The van der Waals surface area contributed by atoms with Crippen LogP contribution in [0, 0.1) is 0 Å². The summed E-state index contributed by atoms with van der Waals surface area (Å²) in [5.41, 5.74) is 4.35. The topological polar surface area (TPSA) is 34.1 Å². The fraction of sp³-hybridized carbons (Fsp3) is 0. The molecule has 0 atom stereocenters. The number of allylic oxidation sites excluding steroid dienone is 2. The first-order valence-corrected chi connectivity index (χ1v) is 9.79. The van der Waals surface area contributed by atoms with Crippen molar-refractivity contribution >= 4 is 17.1 Å². The van der Waals surface area contributed by atoms with E-state index >= 15 is 0 Å². The van der Waals surface area contributed by atoms with Crippen molar-refractivity contribution in [2.75, 3.05) is 0 Å². The van der Waals surface area contributed by atoms with Crippen LogP contribution in [0.4, 0.5) is 0 Å². The Morgan fingerprint density at radius 1 is 0.467 bits per heavy atom. The summed E-state index contributed by atoms with van der Waals surface area (Å²) in [7, 11) is 0. The Morgan fingerprint density at radius 2 is 0.933 bits per heavy atom. The SMILES string of the molecule is O=C(/C=C(\C(=O)c1ccccc1)c1ccccc1)c1ccc(-c2ccccc2)cc1. The summed E-state index contributed by atoms with van der Waals surface area (Å²) in [5, 5.41) is 0. The Morgan fingerprint density at radius 3 is 1.50 bits per heavy atom. The molecule has 0 heterocycles. The third kappa shape index (κ3) is 4.34. The number of hydrogen-bond acceptors (Lipinski definition) is 2. The van der Waals surface area contributed by atoms with Crippen molar-refractivity contribution in [1.82, 2.24) is 0 Å². The second kappa shape index (κ2) is 8.97. The van der Waals surface area contributed by atoms with Gasteiger partial charge in [-0.25, -0.2) is 0 Å². The maximum absolute atomic E-state index is 13.1. The fourth-order valence-electron chi connectivity index (χ4n) is 3.31. The first kappa shape index (κ1) is 19.3. The van der Waals surface area contributed by atoms with E-state index in [1.54, 1.807) is 24.3 Å². The zero-order valence-corrected chi connectivity index (χ0v) is 16.4. The summed E-state index contributed by atoms with van der Waals surface area (Å²) in [6.07, 6.45) is 1.45. The van der Waals surface area contributed by atoms with Crippen molar-refractivity contribution in [2.45, 2.75) is 0 Å². The quantitative estimate of drug-likeness (QED) is 0.279. The van der Waals surface area contributed by atoms with Gasteiger partial charge in [0.2, 0.25) is 0 Å². The van der Waals surface area contributed by atoms with Crippen molar-refractivity contribution in [3.05, 3.63) is 138 Å². The number of benzene rings is 4. The van der Waals surface area contributed by atoms with Gasteiger partial charge >= 0.3 is 0 Å². The third-order valence-electron chi connectivity index (χ3n) is 4.92. The lowest BCUT2D eigenvalue weighted by molar-refractivity contribution is 0.102. The van der Waals surface area contributed by atoms with E-state index in [1.807, 2.05) is 91.0 Å². The predicted octanol–water partition coefficient (Wildman–Crippen LogP) is 6.50. The lowest BCUT2D eigenvalue weighted by Gasteiger charge is -2.08. The van der Waals surface area contributed by atoms with Crippen molar-refractivity contribution in [3.63, 3.8) is 0 Å². The average Bonchev–Trinajstić information content (AvgIpc) is 2.84. The minimum Gasteiger partial charge on any atom is -0.289 e. The normalized spacial score (nSPS) is 11.1. The van der Waals surface area contributed by atoms with Gasteiger partial charge in [-0.3, -0.25) is 9.59 Å². The van der Waals surface area contributed by atoms with Crippen LogP contribution in [-0.4, -0.2) is 11.6 Å². The van der Waals surface area contributed by atoms with Gasteiger partial charge < -0.3 is 0 Å². The smallest absolute Gasteiger partial charge is 0.193 e. The molecule has 4 aromatic rings. The highest BCUT2D eigenvalue weighted by Crippen LogP contribution is 2.23. The van der Waals surface area contributed by atoms with Gasteiger partial charge in [0.1, 0.15) is 0 Å². The van der Waals surface area contributed by atoms with Gasteiger partial charge in [-0.05, 0) is 22.8 Å². The Hall–Kier alpha value is -4.04. The van der Waals surface area contributed by atoms with Gasteiger partial charge in [-0.1, -0.05) is 115 Å². The molecule has 4 rings (SSSR count). The molecular weight excluding hydrogens is 368 g/mol. The monoisotopic (exact) mass is 388 g/mol. The summed E-state index contributed by atoms with van der Waals surface area (Å²) in [5.74, 6) is -0.367. The minimum absolute atomic E-state index is 0.170. The van der Waals surface area contributed by atoms with Gasteiger partial charge in [0.15, 0.2) is 11.6 Å². The van der Waals surface area contributed by atoms with E-state index in [0.717, 1.165) is 16.7 Å². The molecule has 0 fully saturated rings. The van der Waals surface area contributed by atoms with Gasteiger partial charge in [-0.15, -0.1) is 0 Å². The number of carbonyl (C=O) groups excluding carboxylic acids is 2. The van der Waals surface area contributed by atoms with E-state index in [1.165, 1.54) is 6.08 Å². The second-order valence-electron chi connectivity index (χ2n) is 6.93. The lowest BCUT2D eigenvalue weighted by Crippen LogP contribution is -2.06. The van der Waals surface area contributed by atoms with E-state index in [9.17, 15) is 9.59 Å². The van der Waals surface area contributed by atoms with Crippen molar-refractivity contribution in [2.24, 2.45) is 0 Å². The largest absolute Gasteiger partial charge is 0.289 e. The molecule has 0 bridgehead atoms. The molecule has 144 valence electrons. The molecule has 0 unspecified atom stereocenters. The molecule has 2 nitrogen and oxygen atoms in total. The van der Waals surface area contributed by atoms with Gasteiger partial charge in [0.25, 0.3) is 0 Å². The van der Waals surface area contributed by atoms with E-state index in [4.69, 9.17) is 0 Å². The lowest BCUT2D eigenvalue weighted by atomic mass is 9.94.